The second kappa shape index (κ2) is 8.66. The Labute approximate surface area is 190 Å². The molecule has 2 heterocycles. The third-order valence-corrected chi connectivity index (χ3v) is 9.63. The summed E-state index contributed by atoms with van der Waals surface area (Å²) in [6, 6.07) is 9.62. The van der Waals surface area contributed by atoms with Crippen LogP contribution in [0.1, 0.15) is 27.7 Å². The number of rotatable bonds is 4. The predicted molar refractivity (Wildman–Crippen MR) is 121 cm³/mol. The summed E-state index contributed by atoms with van der Waals surface area (Å²) in [7, 11) is -7.67. The molecule has 32 heavy (non-hydrogen) atoms. The van der Waals surface area contributed by atoms with Gasteiger partial charge in [0.2, 0.25) is 20.0 Å². The molecule has 2 aromatic carbocycles. The van der Waals surface area contributed by atoms with Gasteiger partial charge in [0.05, 0.1) is 34.2 Å². The van der Waals surface area contributed by atoms with Crippen molar-refractivity contribution in [3.63, 3.8) is 0 Å². The average Bonchev–Trinajstić information content (AvgIpc) is 2.71. The van der Waals surface area contributed by atoms with Crippen LogP contribution in [0.5, 0.6) is 0 Å². The van der Waals surface area contributed by atoms with Gasteiger partial charge >= 0.3 is 0 Å². The summed E-state index contributed by atoms with van der Waals surface area (Å²) in [6.45, 7) is 8.39. The number of nitrogens with zero attached hydrogens (tertiary/aromatic N) is 2. The van der Waals surface area contributed by atoms with Crippen molar-refractivity contribution in [3.8, 4) is 0 Å². The fourth-order valence-corrected chi connectivity index (χ4v) is 8.23. The third kappa shape index (κ3) is 4.32. The van der Waals surface area contributed by atoms with Crippen molar-refractivity contribution in [2.75, 3.05) is 26.2 Å². The first-order valence-electron chi connectivity index (χ1n) is 10.8. The van der Waals surface area contributed by atoms with Gasteiger partial charge in [-0.2, -0.15) is 8.61 Å². The number of hydrogen-bond acceptors (Lipinski definition) is 6. The van der Waals surface area contributed by atoms with E-state index in [9.17, 15) is 16.8 Å². The monoisotopic (exact) mass is 482 g/mol. The normalized spacial score (nSPS) is 28.8. The standard InChI is InChI=1S/C22H30N2O6S2/c1-15-11-23(12-16(2)29-15)31(25,26)21-9-5-8-20-19(21)7-6-10-22(20)32(27,28)24-13-17(3)30-18(4)14-24/h5-10,15-18H,11-14H2,1-4H3. The van der Waals surface area contributed by atoms with Gasteiger partial charge in [0.1, 0.15) is 0 Å². The van der Waals surface area contributed by atoms with E-state index in [1.54, 1.807) is 24.3 Å². The topological polar surface area (TPSA) is 93.2 Å². The minimum Gasteiger partial charge on any atom is -0.373 e. The summed E-state index contributed by atoms with van der Waals surface area (Å²) in [6.07, 6.45) is -0.871. The molecule has 0 saturated carbocycles. The number of benzene rings is 2. The lowest BCUT2D eigenvalue weighted by Gasteiger charge is -2.35. The molecule has 2 aliphatic heterocycles. The molecule has 8 nitrogen and oxygen atoms in total. The molecule has 10 heteroatoms. The maximum absolute atomic E-state index is 13.5. The minimum absolute atomic E-state index is 0.108. The Balaban J connectivity index is 1.80. The molecule has 4 unspecified atom stereocenters. The molecule has 2 saturated heterocycles. The molecule has 0 spiro atoms. The molecule has 0 aliphatic carbocycles. The number of ether oxygens (including phenoxy) is 2. The van der Waals surface area contributed by atoms with Crippen LogP contribution < -0.4 is 0 Å². The molecule has 2 aliphatic rings. The number of sulfonamides is 2. The maximum atomic E-state index is 13.5. The van der Waals surface area contributed by atoms with Crippen LogP contribution in [0.2, 0.25) is 0 Å². The second-order valence-electron chi connectivity index (χ2n) is 8.77. The molecule has 0 aromatic heterocycles. The Morgan fingerprint density at radius 1 is 0.625 bits per heavy atom. The number of morpholine rings is 2. The average molecular weight is 483 g/mol. The number of fused-ring (bicyclic) bond motifs is 1. The second-order valence-corrected chi connectivity index (χ2v) is 12.6. The maximum Gasteiger partial charge on any atom is 0.243 e. The minimum atomic E-state index is -3.83. The molecule has 4 rings (SSSR count). The van der Waals surface area contributed by atoms with Crippen molar-refractivity contribution in [2.45, 2.75) is 61.9 Å². The first-order valence-corrected chi connectivity index (χ1v) is 13.7. The Bertz CT molecular complexity index is 1100. The van der Waals surface area contributed by atoms with E-state index in [4.69, 9.17) is 9.47 Å². The van der Waals surface area contributed by atoms with Gasteiger partial charge in [-0.25, -0.2) is 16.8 Å². The van der Waals surface area contributed by atoms with Crippen LogP contribution >= 0.6 is 0 Å². The van der Waals surface area contributed by atoms with E-state index in [1.165, 1.54) is 20.7 Å². The largest absolute Gasteiger partial charge is 0.373 e. The van der Waals surface area contributed by atoms with Crippen LogP contribution in [0.25, 0.3) is 10.8 Å². The summed E-state index contributed by atoms with van der Waals surface area (Å²) >= 11 is 0. The molecule has 0 bridgehead atoms. The van der Waals surface area contributed by atoms with Crippen LogP contribution in [-0.4, -0.2) is 76.0 Å². The van der Waals surface area contributed by atoms with Gasteiger partial charge in [-0.05, 0) is 39.8 Å². The molecule has 2 fully saturated rings. The molecule has 0 amide bonds. The molecule has 176 valence electrons. The van der Waals surface area contributed by atoms with Crippen LogP contribution in [0, 0.1) is 0 Å². The lowest BCUT2D eigenvalue weighted by Crippen LogP contribution is -2.48. The summed E-state index contributed by atoms with van der Waals surface area (Å²) in [5.74, 6) is 0. The smallest absolute Gasteiger partial charge is 0.243 e. The Kier molecular flexibility index (Phi) is 6.38. The summed E-state index contributed by atoms with van der Waals surface area (Å²) in [5, 5.41) is 0.796. The van der Waals surface area contributed by atoms with Crippen molar-refractivity contribution in [3.05, 3.63) is 36.4 Å². The highest BCUT2D eigenvalue weighted by molar-refractivity contribution is 7.89. The Morgan fingerprint density at radius 3 is 1.25 bits per heavy atom. The van der Waals surface area contributed by atoms with Crippen molar-refractivity contribution >= 4 is 30.8 Å². The SMILES string of the molecule is CC1CN(S(=O)(=O)c2cccc3c(S(=O)(=O)N4CC(C)OC(C)C4)cccc23)CC(C)O1. The van der Waals surface area contributed by atoms with Crippen LogP contribution in [-0.2, 0) is 29.5 Å². The molecular formula is C22H30N2O6S2. The van der Waals surface area contributed by atoms with Gasteiger partial charge in [0.15, 0.2) is 0 Å². The van der Waals surface area contributed by atoms with Crippen molar-refractivity contribution in [1.29, 1.82) is 0 Å². The van der Waals surface area contributed by atoms with Crippen LogP contribution in [0.3, 0.4) is 0 Å². The first kappa shape index (κ1) is 23.6. The Morgan fingerprint density at radius 2 is 0.938 bits per heavy atom. The zero-order valence-corrected chi connectivity index (χ0v) is 20.4. The van der Waals surface area contributed by atoms with Gasteiger partial charge in [-0.1, -0.05) is 24.3 Å². The molecular weight excluding hydrogens is 452 g/mol. The van der Waals surface area contributed by atoms with Gasteiger partial charge in [0, 0.05) is 37.0 Å². The molecule has 0 N–H and O–H groups in total. The van der Waals surface area contributed by atoms with E-state index < -0.39 is 20.0 Å². The third-order valence-electron chi connectivity index (χ3n) is 5.85. The van der Waals surface area contributed by atoms with Crippen molar-refractivity contribution < 1.29 is 26.3 Å². The quantitative estimate of drug-likeness (QED) is 0.665. The van der Waals surface area contributed by atoms with E-state index in [0.717, 1.165) is 0 Å². The van der Waals surface area contributed by atoms with E-state index in [-0.39, 0.29) is 60.4 Å². The van der Waals surface area contributed by atoms with Crippen molar-refractivity contribution in [2.24, 2.45) is 0 Å². The van der Waals surface area contributed by atoms with E-state index in [0.29, 0.717) is 10.8 Å². The number of hydrogen-bond donors (Lipinski definition) is 0. The van der Waals surface area contributed by atoms with Crippen LogP contribution in [0.4, 0.5) is 0 Å². The van der Waals surface area contributed by atoms with Gasteiger partial charge in [-0.15, -0.1) is 0 Å². The molecule has 2 aromatic rings. The lowest BCUT2D eigenvalue weighted by molar-refractivity contribution is -0.0442. The zero-order valence-electron chi connectivity index (χ0n) is 18.8. The Hall–Kier alpha value is -1.56. The van der Waals surface area contributed by atoms with Gasteiger partial charge < -0.3 is 9.47 Å². The van der Waals surface area contributed by atoms with Crippen LogP contribution in [0.15, 0.2) is 46.2 Å². The fraction of sp³-hybridized carbons (Fsp3) is 0.545. The van der Waals surface area contributed by atoms with E-state index in [1.807, 2.05) is 27.7 Å². The summed E-state index contributed by atoms with van der Waals surface area (Å²) in [5.41, 5.74) is 0. The summed E-state index contributed by atoms with van der Waals surface area (Å²) in [4.78, 5) is 0.217. The predicted octanol–water partition coefficient (Wildman–Crippen LogP) is 2.44. The summed E-state index contributed by atoms with van der Waals surface area (Å²) < 4.78 is 68.4. The fourth-order valence-electron chi connectivity index (χ4n) is 4.63. The van der Waals surface area contributed by atoms with Gasteiger partial charge in [0.25, 0.3) is 0 Å². The molecule has 0 radical (unpaired) electrons. The van der Waals surface area contributed by atoms with Gasteiger partial charge in [-0.3, -0.25) is 0 Å². The first-order chi connectivity index (χ1) is 15.0. The highest BCUT2D eigenvalue weighted by Crippen LogP contribution is 2.33. The zero-order chi connectivity index (χ0) is 23.3. The van der Waals surface area contributed by atoms with Crippen molar-refractivity contribution in [1.82, 2.24) is 8.61 Å². The molecule has 4 atom stereocenters. The lowest BCUT2D eigenvalue weighted by atomic mass is 10.1. The highest BCUT2D eigenvalue weighted by Gasteiger charge is 2.35. The van der Waals surface area contributed by atoms with E-state index in [2.05, 4.69) is 0 Å². The highest BCUT2D eigenvalue weighted by atomic mass is 32.2. The van der Waals surface area contributed by atoms with E-state index >= 15 is 0 Å².